The summed E-state index contributed by atoms with van der Waals surface area (Å²) in [5, 5.41) is 3.29. The fraction of sp³-hybridized carbons (Fsp3) is 0.348. The Hall–Kier alpha value is -3.00. The van der Waals surface area contributed by atoms with E-state index >= 15 is 0 Å². The number of nitrogens with zero attached hydrogens (tertiary/aromatic N) is 1. The fourth-order valence-electron chi connectivity index (χ4n) is 2.90. The highest BCUT2D eigenvalue weighted by molar-refractivity contribution is 5.94. The van der Waals surface area contributed by atoms with Crippen LogP contribution in [-0.4, -0.2) is 25.6 Å². The first-order chi connectivity index (χ1) is 14.6. The van der Waals surface area contributed by atoms with Crippen LogP contribution in [0.25, 0.3) is 5.70 Å². The van der Waals surface area contributed by atoms with Crippen LogP contribution in [0, 0.1) is 13.8 Å². The molecular weight excluding hydrogens is 407 g/mol. The van der Waals surface area contributed by atoms with Crippen molar-refractivity contribution in [2.75, 3.05) is 25.1 Å². The van der Waals surface area contributed by atoms with Gasteiger partial charge in [0.1, 0.15) is 19.0 Å². The maximum absolute atomic E-state index is 12.7. The average molecular weight is 435 g/mol. The number of benzene rings is 2. The molecule has 0 aliphatic heterocycles. The van der Waals surface area contributed by atoms with E-state index in [1.807, 2.05) is 39.8 Å². The normalized spacial score (nSPS) is 11.9. The molecule has 2 aromatic carbocycles. The Labute approximate surface area is 180 Å². The second-order valence-corrected chi connectivity index (χ2v) is 6.97. The number of amidine groups is 1. The molecule has 31 heavy (non-hydrogen) atoms. The van der Waals surface area contributed by atoms with Gasteiger partial charge in [0.25, 0.3) is 0 Å². The zero-order valence-corrected chi connectivity index (χ0v) is 18.2. The van der Waals surface area contributed by atoms with Crippen molar-refractivity contribution in [3.05, 3.63) is 65.2 Å². The van der Waals surface area contributed by atoms with Gasteiger partial charge in [-0.15, -0.1) is 0 Å². The van der Waals surface area contributed by atoms with Crippen molar-refractivity contribution in [1.29, 1.82) is 0 Å². The van der Waals surface area contributed by atoms with Crippen LogP contribution in [-0.2, 0) is 11.0 Å². The van der Waals surface area contributed by atoms with Gasteiger partial charge in [-0.1, -0.05) is 12.6 Å². The van der Waals surface area contributed by atoms with Crippen molar-refractivity contribution in [2.45, 2.75) is 33.9 Å². The Morgan fingerprint density at radius 3 is 2.52 bits per heavy atom. The maximum atomic E-state index is 12.7. The summed E-state index contributed by atoms with van der Waals surface area (Å²) in [5.41, 5.74) is 6.49. The minimum absolute atomic E-state index is 0.0818. The van der Waals surface area contributed by atoms with Crippen LogP contribution < -0.4 is 15.5 Å². The molecule has 8 heteroatoms. The SMILES string of the molecule is C=C(NOCCOc1cccc(C(F)(F)F)c1)c1cc(C)c(NC(C)=NCC)cc1C. The lowest BCUT2D eigenvalue weighted by Crippen LogP contribution is -2.18. The Balaban J connectivity index is 1.86. The standard InChI is InChI=1S/C23H28F3N3O2/c1-6-27-18(5)28-22-13-15(2)21(12-16(22)3)17(4)29-31-11-10-30-20-9-7-8-19(14-20)23(24,25)26/h7-9,12-14,29H,4,6,10-11H2,1-3,5H3,(H,27,28). The van der Waals surface area contributed by atoms with E-state index in [9.17, 15) is 13.2 Å². The Morgan fingerprint density at radius 1 is 1.10 bits per heavy atom. The summed E-state index contributed by atoms with van der Waals surface area (Å²) in [4.78, 5) is 9.69. The smallest absolute Gasteiger partial charge is 0.416 e. The molecule has 0 aliphatic rings. The van der Waals surface area contributed by atoms with E-state index < -0.39 is 11.7 Å². The van der Waals surface area contributed by atoms with Crippen molar-refractivity contribution >= 4 is 17.2 Å². The number of aliphatic imine (C=N–C) groups is 1. The molecule has 0 saturated carbocycles. The van der Waals surface area contributed by atoms with E-state index in [2.05, 4.69) is 22.4 Å². The molecule has 0 heterocycles. The molecule has 0 spiro atoms. The molecule has 2 aromatic rings. The summed E-state index contributed by atoms with van der Waals surface area (Å²) in [5.74, 6) is 0.979. The van der Waals surface area contributed by atoms with Gasteiger partial charge in [0, 0.05) is 17.8 Å². The predicted octanol–water partition coefficient (Wildman–Crippen LogP) is 5.74. The number of halogens is 3. The number of rotatable bonds is 9. The van der Waals surface area contributed by atoms with Crippen LogP contribution in [0.15, 0.2) is 48.0 Å². The zero-order valence-electron chi connectivity index (χ0n) is 18.2. The molecule has 2 N–H and O–H groups in total. The van der Waals surface area contributed by atoms with Crippen molar-refractivity contribution in [2.24, 2.45) is 4.99 Å². The van der Waals surface area contributed by atoms with E-state index in [-0.39, 0.29) is 19.0 Å². The maximum Gasteiger partial charge on any atom is 0.416 e. The van der Waals surface area contributed by atoms with Crippen LogP contribution in [0.2, 0.25) is 0 Å². The lowest BCUT2D eigenvalue weighted by molar-refractivity contribution is -0.137. The van der Waals surface area contributed by atoms with Gasteiger partial charge >= 0.3 is 6.18 Å². The quantitative estimate of drug-likeness (QED) is 0.228. The Morgan fingerprint density at radius 2 is 1.84 bits per heavy atom. The van der Waals surface area contributed by atoms with Crippen LogP contribution in [0.4, 0.5) is 18.9 Å². The Kier molecular flexibility index (Phi) is 8.50. The Bertz CT molecular complexity index is 940. The highest BCUT2D eigenvalue weighted by atomic mass is 19.4. The number of nitrogens with one attached hydrogen (secondary N) is 2. The third-order valence-electron chi connectivity index (χ3n) is 4.42. The van der Waals surface area contributed by atoms with Gasteiger partial charge in [-0.25, -0.2) is 0 Å². The summed E-state index contributed by atoms with van der Waals surface area (Å²) >= 11 is 0. The lowest BCUT2D eigenvalue weighted by atomic mass is 10.0. The number of alkyl halides is 3. The molecule has 0 atom stereocenters. The van der Waals surface area contributed by atoms with E-state index in [1.165, 1.54) is 12.1 Å². The van der Waals surface area contributed by atoms with E-state index in [1.54, 1.807) is 0 Å². The number of anilines is 1. The molecule has 168 valence electrons. The monoisotopic (exact) mass is 435 g/mol. The third-order valence-corrected chi connectivity index (χ3v) is 4.42. The van der Waals surface area contributed by atoms with Gasteiger partial charge < -0.3 is 10.1 Å². The second-order valence-electron chi connectivity index (χ2n) is 6.97. The summed E-state index contributed by atoms with van der Waals surface area (Å²) < 4.78 is 43.5. The molecule has 0 bridgehead atoms. The first-order valence-corrected chi connectivity index (χ1v) is 9.88. The van der Waals surface area contributed by atoms with Gasteiger partial charge in [0.15, 0.2) is 0 Å². The van der Waals surface area contributed by atoms with Gasteiger partial charge in [0.05, 0.1) is 17.1 Å². The highest BCUT2D eigenvalue weighted by Gasteiger charge is 2.30. The van der Waals surface area contributed by atoms with E-state index in [4.69, 9.17) is 9.57 Å². The first-order valence-electron chi connectivity index (χ1n) is 9.88. The molecule has 0 fully saturated rings. The summed E-state index contributed by atoms with van der Waals surface area (Å²) in [6.45, 7) is 12.8. The molecule has 0 amide bonds. The van der Waals surface area contributed by atoms with Crippen LogP contribution in [0.5, 0.6) is 5.75 Å². The topological polar surface area (TPSA) is 54.9 Å². The molecule has 0 unspecified atom stereocenters. The van der Waals surface area contributed by atoms with Crippen molar-refractivity contribution in [3.63, 3.8) is 0 Å². The number of hydrogen-bond donors (Lipinski definition) is 2. The number of aryl methyl sites for hydroxylation is 2. The van der Waals surface area contributed by atoms with Crippen LogP contribution in [0.1, 0.15) is 36.1 Å². The zero-order chi connectivity index (χ0) is 23.0. The first kappa shape index (κ1) is 24.3. The third kappa shape index (κ3) is 7.32. The molecule has 5 nitrogen and oxygen atoms in total. The van der Waals surface area contributed by atoms with Gasteiger partial charge in [-0.3, -0.25) is 15.3 Å². The summed E-state index contributed by atoms with van der Waals surface area (Å²) in [6.07, 6.45) is -4.41. The molecule has 0 radical (unpaired) electrons. The number of hydrogen-bond acceptors (Lipinski definition) is 4. The fourth-order valence-corrected chi connectivity index (χ4v) is 2.90. The van der Waals surface area contributed by atoms with Crippen molar-refractivity contribution in [1.82, 2.24) is 5.48 Å². The minimum Gasteiger partial charge on any atom is -0.491 e. The second kappa shape index (κ2) is 10.9. The van der Waals surface area contributed by atoms with Crippen molar-refractivity contribution in [3.8, 4) is 5.75 Å². The van der Waals surface area contributed by atoms with Gasteiger partial charge in [-0.2, -0.15) is 13.2 Å². The largest absolute Gasteiger partial charge is 0.491 e. The number of hydroxylamine groups is 1. The van der Waals surface area contributed by atoms with Crippen molar-refractivity contribution < 1.29 is 22.7 Å². The van der Waals surface area contributed by atoms with Gasteiger partial charge in [0.2, 0.25) is 0 Å². The van der Waals surface area contributed by atoms with Gasteiger partial charge in [-0.05, 0) is 69.2 Å². The molecule has 0 aromatic heterocycles. The highest BCUT2D eigenvalue weighted by Crippen LogP contribution is 2.31. The predicted molar refractivity (Wildman–Crippen MR) is 118 cm³/mol. The number of ether oxygens (including phenoxy) is 1. The molecule has 0 aliphatic carbocycles. The lowest BCUT2D eigenvalue weighted by Gasteiger charge is -2.16. The summed E-state index contributed by atoms with van der Waals surface area (Å²) in [6, 6.07) is 8.74. The van der Waals surface area contributed by atoms with E-state index in [0.717, 1.165) is 40.3 Å². The average Bonchev–Trinajstić information content (AvgIpc) is 2.70. The summed E-state index contributed by atoms with van der Waals surface area (Å²) in [7, 11) is 0. The molecule has 0 saturated heterocycles. The molecule has 2 rings (SSSR count). The molecular formula is C23H28F3N3O2. The minimum atomic E-state index is -4.41. The van der Waals surface area contributed by atoms with Crippen LogP contribution in [0.3, 0.4) is 0 Å². The van der Waals surface area contributed by atoms with Crippen LogP contribution >= 0.6 is 0 Å². The van der Waals surface area contributed by atoms with E-state index in [0.29, 0.717) is 12.2 Å².